The fourth-order valence-electron chi connectivity index (χ4n) is 7.19. The van der Waals surface area contributed by atoms with Crippen LogP contribution in [-0.2, 0) is 47.4 Å². The zero-order valence-corrected chi connectivity index (χ0v) is 30.9. The molecule has 0 radical (unpaired) electrons. The van der Waals surface area contributed by atoms with Crippen LogP contribution >= 0.6 is 0 Å². The van der Waals surface area contributed by atoms with Crippen LogP contribution in [0.5, 0.6) is 0 Å². The van der Waals surface area contributed by atoms with Crippen molar-refractivity contribution in [1.29, 1.82) is 0 Å². The van der Waals surface area contributed by atoms with Crippen LogP contribution in [0.4, 0.5) is 0 Å². The van der Waals surface area contributed by atoms with E-state index in [1.807, 2.05) is 0 Å². The molecule has 5 aliphatic rings. The van der Waals surface area contributed by atoms with E-state index in [4.69, 9.17) is 42.6 Å². The number of nitrogens with one attached hydrogen (secondary N) is 1. The molecule has 0 aromatic rings. The Kier molecular flexibility index (Phi) is 16.0. The maximum atomic E-state index is 12.1. The van der Waals surface area contributed by atoms with Crippen molar-refractivity contribution in [3.05, 3.63) is 0 Å². The molecule has 25 atom stereocenters. The standard InChI is InChI=1S/C32H55NO24/c1-7-14(37)19(42)23(46)31(50-7)57-27-26(56-29-13(33-9(3)36)18(41)16(39)10(4-34)53-29)15(38)8(2)51-32(27)55-25-11(5-35)54-30(24(47)21(25)44)49-6-12-17(40)20(43)22(45)28(48)52-12/h7-8,10-32,34-35,37-48H,4-6H2,1-3H3,(H,33,36)/t7-,8+,10+,11+,12+,13+,14-,15+,16-,17-,18+,19+,20-,21+,22+,23+,24+,25+,26-,27-,28?,29+,30+,31-,32-/m0/s1. The second-order valence-electron chi connectivity index (χ2n) is 14.7. The minimum absolute atomic E-state index is 0.676. The van der Waals surface area contributed by atoms with Crippen LogP contribution in [0, 0.1) is 0 Å². The van der Waals surface area contributed by atoms with E-state index in [-0.39, 0.29) is 0 Å². The van der Waals surface area contributed by atoms with E-state index >= 15 is 0 Å². The van der Waals surface area contributed by atoms with Gasteiger partial charge < -0.3 is 119 Å². The average Bonchev–Trinajstić information content (AvgIpc) is 3.17. The number of carbonyl (C=O) groups excluding carboxylic acids is 1. The number of hydrogen-bond acceptors (Lipinski definition) is 24. The van der Waals surface area contributed by atoms with Gasteiger partial charge in [0.05, 0.1) is 32.0 Å². The summed E-state index contributed by atoms with van der Waals surface area (Å²) >= 11 is 0. The molecule has 15 N–H and O–H groups in total. The third-order valence-electron chi connectivity index (χ3n) is 10.6. The van der Waals surface area contributed by atoms with Crippen LogP contribution < -0.4 is 5.32 Å². The fourth-order valence-corrected chi connectivity index (χ4v) is 7.19. The van der Waals surface area contributed by atoms with Gasteiger partial charge in [-0.1, -0.05) is 0 Å². The first kappa shape index (κ1) is 46.6. The van der Waals surface area contributed by atoms with Gasteiger partial charge in [0.1, 0.15) is 110 Å². The van der Waals surface area contributed by atoms with E-state index in [0.29, 0.717) is 0 Å². The summed E-state index contributed by atoms with van der Waals surface area (Å²) in [5, 5.41) is 149. The lowest BCUT2D eigenvalue weighted by atomic mass is 9.95. The summed E-state index contributed by atoms with van der Waals surface area (Å²) in [4.78, 5) is 12.1. The number of rotatable bonds is 12. The smallest absolute Gasteiger partial charge is 0.217 e. The van der Waals surface area contributed by atoms with Gasteiger partial charge >= 0.3 is 0 Å². The summed E-state index contributed by atoms with van der Waals surface area (Å²) < 4.78 is 51.5. The Balaban J connectivity index is 1.41. The summed E-state index contributed by atoms with van der Waals surface area (Å²) in [6.07, 6.45) is -41.3. The molecule has 5 saturated heterocycles. The summed E-state index contributed by atoms with van der Waals surface area (Å²) in [7, 11) is 0. The SMILES string of the molecule is CC(=O)N[C@H]1[C@@H](O[C@H]2[C@H](O)[C@@H](C)O[C@@H](O[C@H]3[C@H](O)[C@@H](O)[C@H](OC[C@H]4OC(O)[C@H](O)[C@@H](O)[C@H]4O)O[C@@H]3CO)[C@H]2O[C@@H]2O[C@@H](C)[C@H](O)[C@@H](O)[C@H]2O)O[C@H](CO)[C@H](O)[C@@H]1O. The molecule has 1 amide bonds. The molecule has 0 spiro atoms. The number of aliphatic hydroxyl groups is 14. The largest absolute Gasteiger partial charge is 0.394 e. The summed E-state index contributed by atoms with van der Waals surface area (Å²) in [5.41, 5.74) is 0. The van der Waals surface area contributed by atoms with Crippen LogP contribution in [0.15, 0.2) is 0 Å². The quantitative estimate of drug-likeness (QED) is 0.0867. The van der Waals surface area contributed by atoms with Crippen LogP contribution in [-0.4, -0.2) is 251 Å². The highest BCUT2D eigenvalue weighted by Gasteiger charge is 2.56. The average molecular weight is 838 g/mol. The number of carbonyl (C=O) groups is 1. The van der Waals surface area contributed by atoms with E-state index in [1.54, 1.807) is 0 Å². The van der Waals surface area contributed by atoms with Crippen LogP contribution in [0.3, 0.4) is 0 Å². The summed E-state index contributed by atoms with van der Waals surface area (Å²) in [6, 6.07) is -1.53. The highest BCUT2D eigenvalue weighted by Crippen LogP contribution is 2.36. The lowest BCUT2D eigenvalue weighted by Gasteiger charge is -2.50. The van der Waals surface area contributed by atoms with Gasteiger partial charge in [-0.25, -0.2) is 0 Å². The van der Waals surface area contributed by atoms with Crippen molar-refractivity contribution >= 4 is 5.91 Å². The van der Waals surface area contributed by atoms with E-state index in [1.165, 1.54) is 13.8 Å². The fraction of sp³-hybridized carbons (Fsp3) is 0.969. The number of amides is 1. The van der Waals surface area contributed by atoms with Gasteiger partial charge in [0, 0.05) is 6.92 Å². The first-order chi connectivity index (χ1) is 26.8. The maximum absolute atomic E-state index is 12.1. The van der Waals surface area contributed by atoms with Gasteiger partial charge in [0.25, 0.3) is 0 Å². The highest BCUT2D eigenvalue weighted by atomic mass is 16.8. The van der Waals surface area contributed by atoms with Crippen molar-refractivity contribution < 1.29 is 119 Å². The first-order valence-corrected chi connectivity index (χ1v) is 18.3. The molecule has 25 nitrogen and oxygen atoms in total. The Morgan fingerprint density at radius 2 is 1.02 bits per heavy atom. The Hall–Kier alpha value is -1.45. The van der Waals surface area contributed by atoms with Gasteiger partial charge in [-0.05, 0) is 13.8 Å². The van der Waals surface area contributed by atoms with Crippen molar-refractivity contribution in [1.82, 2.24) is 5.32 Å². The van der Waals surface area contributed by atoms with E-state index in [9.17, 15) is 76.3 Å². The van der Waals surface area contributed by atoms with Crippen molar-refractivity contribution in [3.8, 4) is 0 Å². The molecule has 5 fully saturated rings. The van der Waals surface area contributed by atoms with E-state index in [2.05, 4.69) is 5.32 Å². The van der Waals surface area contributed by atoms with E-state index < -0.39 is 179 Å². The lowest BCUT2D eigenvalue weighted by molar-refractivity contribution is -0.399. The molecule has 332 valence electrons. The molecule has 57 heavy (non-hydrogen) atoms. The topological polar surface area (TPSA) is 395 Å². The molecular formula is C32H55NO24. The molecule has 5 rings (SSSR count). The molecule has 0 aliphatic carbocycles. The molecule has 0 aromatic carbocycles. The van der Waals surface area contributed by atoms with E-state index in [0.717, 1.165) is 6.92 Å². The van der Waals surface area contributed by atoms with Gasteiger partial charge in [-0.2, -0.15) is 0 Å². The van der Waals surface area contributed by atoms with Gasteiger partial charge in [0.15, 0.2) is 31.5 Å². The summed E-state index contributed by atoms with van der Waals surface area (Å²) in [6.45, 7) is 1.35. The monoisotopic (exact) mass is 837 g/mol. The Morgan fingerprint density at radius 1 is 0.491 bits per heavy atom. The number of ether oxygens (including phenoxy) is 9. The first-order valence-electron chi connectivity index (χ1n) is 18.3. The highest BCUT2D eigenvalue weighted by molar-refractivity contribution is 5.73. The predicted octanol–water partition coefficient (Wildman–Crippen LogP) is -9.73. The second kappa shape index (κ2) is 19.5. The van der Waals surface area contributed by atoms with Crippen LogP contribution in [0.25, 0.3) is 0 Å². The van der Waals surface area contributed by atoms with Gasteiger partial charge in [-0.15, -0.1) is 0 Å². The Labute approximate surface area is 324 Å². The third-order valence-corrected chi connectivity index (χ3v) is 10.6. The molecule has 5 heterocycles. The molecule has 0 saturated carbocycles. The number of aliphatic hydroxyl groups excluding tert-OH is 14. The normalized spacial score (nSPS) is 52.3. The Morgan fingerprint density at radius 3 is 1.65 bits per heavy atom. The minimum atomic E-state index is -2.00. The van der Waals surface area contributed by atoms with Crippen molar-refractivity contribution in [2.24, 2.45) is 0 Å². The zero-order chi connectivity index (χ0) is 42.2. The van der Waals surface area contributed by atoms with Crippen LogP contribution in [0.2, 0.25) is 0 Å². The summed E-state index contributed by atoms with van der Waals surface area (Å²) in [5.74, 6) is -0.709. The van der Waals surface area contributed by atoms with Crippen molar-refractivity contribution in [3.63, 3.8) is 0 Å². The van der Waals surface area contributed by atoms with Crippen LogP contribution in [0.1, 0.15) is 20.8 Å². The third kappa shape index (κ3) is 9.87. The molecule has 1 unspecified atom stereocenters. The van der Waals surface area contributed by atoms with Crippen molar-refractivity contribution in [2.75, 3.05) is 19.8 Å². The predicted molar refractivity (Wildman–Crippen MR) is 175 cm³/mol. The maximum Gasteiger partial charge on any atom is 0.217 e. The van der Waals surface area contributed by atoms with Gasteiger partial charge in [0.2, 0.25) is 5.91 Å². The molecule has 0 bridgehead atoms. The molecular weight excluding hydrogens is 782 g/mol. The second-order valence-corrected chi connectivity index (χ2v) is 14.7. The molecule has 0 aromatic heterocycles. The van der Waals surface area contributed by atoms with Crippen molar-refractivity contribution in [2.45, 2.75) is 174 Å². The Bertz CT molecular complexity index is 1290. The molecule has 5 aliphatic heterocycles. The zero-order valence-electron chi connectivity index (χ0n) is 30.9. The minimum Gasteiger partial charge on any atom is -0.394 e. The van der Waals surface area contributed by atoms with Gasteiger partial charge in [-0.3, -0.25) is 4.79 Å². The molecule has 25 heteroatoms. The number of hydrogen-bond donors (Lipinski definition) is 15. The lowest BCUT2D eigenvalue weighted by Crippen LogP contribution is -2.69.